The summed E-state index contributed by atoms with van der Waals surface area (Å²) in [6, 6.07) is 0. The Bertz CT molecular complexity index is 172. The highest BCUT2D eigenvalue weighted by atomic mass is 16.4. The Hall–Kier alpha value is -0.535. The maximum absolute atomic E-state index is 8.80. The normalized spacial score (nSPS) is 24.3. The van der Waals surface area contributed by atoms with Crippen molar-refractivity contribution in [3.63, 3.8) is 0 Å². The zero-order valence-corrected chi connectivity index (χ0v) is 5.99. The molecule has 1 aliphatic carbocycles. The molecule has 3 heteroatoms. The number of hydrogen-bond donors (Lipinski definition) is 2. The van der Waals surface area contributed by atoms with Crippen molar-refractivity contribution < 1.29 is 10.0 Å². The Balaban J connectivity index is 2.70. The van der Waals surface area contributed by atoms with E-state index < -0.39 is 7.12 Å². The summed E-state index contributed by atoms with van der Waals surface area (Å²) in [5, 5.41) is 17.6. The molecule has 1 rings (SSSR count). The van der Waals surface area contributed by atoms with E-state index in [9.17, 15) is 0 Å². The molecule has 0 spiro atoms. The van der Waals surface area contributed by atoms with Crippen molar-refractivity contribution in [1.82, 2.24) is 0 Å². The van der Waals surface area contributed by atoms with E-state index in [1.165, 1.54) is 0 Å². The zero-order valence-electron chi connectivity index (χ0n) is 5.99. The van der Waals surface area contributed by atoms with Crippen LogP contribution in [-0.2, 0) is 0 Å². The third-order valence-electron chi connectivity index (χ3n) is 1.78. The highest BCUT2D eigenvalue weighted by Crippen LogP contribution is 2.19. The van der Waals surface area contributed by atoms with Gasteiger partial charge < -0.3 is 10.0 Å². The van der Waals surface area contributed by atoms with Crippen LogP contribution in [0.15, 0.2) is 23.7 Å². The summed E-state index contributed by atoms with van der Waals surface area (Å²) < 4.78 is 0. The minimum Gasteiger partial charge on any atom is -0.423 e. The average molecular weight is 138 g/mol. The molecule has 0 bridgehead atoms. The summed E-state index contributed by atoms with van der Waals surface area (Å²) in [6.07, 6.45) is 6.55. The van der Waals surface area contributed by atoms with Crippen molar-refractivity contribution in [2.24, 2.45) is 5.92 Å². The molecule has 54 valence electrons. The summed E-state index contributed by atoms with van der Waals surface area (Å²) >= 11 is 0. The molecule has 0 fully saturated rings. The second-order valence-electron chi connectivity index (χ2n) is 2.61. The van der Waals surface area contributed by atoms with Gasteiger partial charge in [0.15, 0.2) is 0 Å². The van der Waals surface area contributed by atoms with E-state index in [0.717, 1.165) is 6.42 Å². The minimum atomic E-state index is -1.28. The molecule has 0 saturated heterocycles. The van der Waals surface area contributed by atoms with E-state index in [4.69, 9.17) is 10.0 Å². The Morgan fingerprint density at radius 3 is 2.70 bits per heavy atom. The monoisotopic (exact) mass is 138 g/mol. The molecule has 0 heterocycles. The van der Waals surface area contributed by atoms with Crippen molar-refractivity contribution in [3.05, 3.63) is 23.7 Å². The molecule has 0 saturated carbocycles. The molecule has 1 atom stereocenters. The van der Waals surface area contributed by atoms with Crippen LogP contribution in [0.1, 0.15) is 13.3 Å². The molecule has 10 heavy (non-hydrogen) atoms. The van der Waals surface area contributed by atoms with E-state index in [0.29, 0.717) is 5.47 Å². The fourth-order valence-corrected chi connectivity index (χ4v) is 1.10. The van der Waals surface area contributed by atoms with E-state index in [-0.39, 0.29) is 5.92 Å². The molecule has 0 radical (unpaired) electrons. The molecule has 2 nitrogen and oxygen atoms in total. The lowest BCUT2D eigenvalue weighted by atomic mass is 9.70. The molecular weight excluding hydrogens is 127 g/mol. The van der Waals surface area contributed by atoms with Crippen LogP contribution in [0.2, 0.25) is 0 Å². The summed E-state index contributed by atoms with van der Waals surface area (Å²) in [6.45, 7) is 1.98. The first-order valence-electron chi connectivity index (χ1n) is 3.44. The lowest BCUT2D eigenvalue weighted by Crippen LogP contribution is -2.21. The predicted octanol–water partition coefficient (Wildman–Crippen LogP) is 0.521. The van der Waals surface area contributed by atoms with Crippen molar-refractivity contribution in [1.29, 1.82) is 0 Å². The molecular formula is C7H11BO2. The van der Waals surface area contributed by atoms with Crippen LogP contribution in [-0.4, -0.2) is 17.2 Å². The lowest BCUT2D eigenvalue weighted by Gasteiger charge is -2.15. The van der Waals surface area contributed by atoms with Gasteiger partial charge in [-0.25, -0.2) is 0 Å². The van der Waals surface area contributed by atoms with Gasteiger partial charge in [0.25, 0.3) is 0 Å². The first-order chi connectivity index (χ1) is 4.72. The first kappa shape index (κ1) is 7.57. The lowest BCUT2D eigenvalue weighted by molar-refractivity contribution is 0.409. The van der Waals surface area contributed by atoms with Crippen LogP contribution in [0.4, 0.5) is 0 Å². The molecule has 1 unspecified atom stereocenters. The van der Waals surface area contributed by atoms with Gasteiger partial charge in [-0.15, -0.1) is 0 Å². The molecule has 0 aliphatic heterocycles. The van der Waals surface area contributed by atoms with Crippen molar-refractivity contribution in [2.45, 2.75) is 13.3 Å². The predicted molar refractivity (Wildman–Crippen MR) is 41.2 cm³/mol. The van der Waals surface area contributed by atoms with Crippen LogP contribution in [0, 0.1) is 5.92 Å². The van der Waals surface area contributed by atoms with Crippen LogP contribution in [0.25, 0.3) is 0 Å². The van der Waals surface area contributed by atoms with Gasteiger partial charge in [0, 0.05) is 0 Å². The third-order valence-corrected chi connectivity index (χ3v) is 1.78. The van der Waals surface area contributed by atoms with E-state index in [1.54, 1.807) is 6.08 Å². The molecule has 0 aromatic rings. The van der Waals surface area contributed by atoms with Crippen molar-refractivity contribution >= 4 is 7.12 Å². The first-order valence-corrected chi connectivity index (χ1v) is 3.44. The maximum Gasteiger partial charge on any atom is 0.484 e. The quantitative estimate of drug-likeness (QED) is 0.518. The summed E-state index contributed by atoms with van der Waals surface area (Å²) in [4.78, 5) is 0. The number of rotatable bonds is 1. The molecule has 0 aromatic carbocycles. The summed E-state index contributed by atoms with van der Waals surface area (Å²) in [7, 11) is -1.28. The largest absolute Gasteiger partial charge is 0.484 e. The molecule has 0 aromatic heterocycles. The Kier molecular flexibility index (Phi) is 2.30. The zero-order chi connectivity index (χ0) is 7.56. The second kappa shape index (κ2) is 3.04. The van der Waals surface area contributed by atoms with Crippen LogP contribution < -0.4 is 0 Å². The Morgan fingerprint density at radius 2 is 2.30 bits per heavy atom. The standard InChI is InChI=1S/C7H11BO2/c1-6-4-2-3-5-7(6)8(9)10/h2-3,5-6,9-10H,4H2,1H3. The van der Waals surface area contributed by atoms with Gasteiger partial charge >= 0.3 is 7.12 Å². The van der Waals surface area contributed by atoms with Gasteiger partial charge in [-0.3, -0.25) is 0 Å². The highest BCUT2D eigenvalue weighted by Gasteiger charge is 2.20. The van der Waals surface area contributed by atoms with Crippen LogP contribution >= 0.6 is 0 Å². The fraction of sp³-hybridized carbons (Fsp3) is 0.429. The van der Waals surface area contributed by atoms with E-state index in [2.05, 4.69) is 0 Å². The number of allylic oxidation sites excluding steroid dienone is 4. The van der Waals surface area contributed by atoms with Gasteiger partial charge in [0.05, 0.1) is 0 Å². The van der Waals surface area contributed by atoms with Gasteiger partial charge in [0.1, 0.15) is 0 Å². The number of hydrogen-bond acceptors (Lipinski definition) is 2. The molecule has 2 N–H and O–H groups in total. The fourth-order valence-electron chi connectivity index (χ4n) is 1.10. The Morgan fingerprint density at radius 1 is 1.60 bits per heavy atom. The average Bonchev–Trinajstić information content (AvgIpc) is 1.88. The van der Waals surface area contributed by atoms with Gasteiger partial charge in [0.2, 0.25) is 0 Å². The maximum atomic E-state index is 8.80. The topological polar surface area (TPSA) is 40.5 Å². The summed E-state index contributed by atoms with van der Waals surface area (Å²) in [5.74, 6) is 0.269. The van der Waals surface area contributed by atoms with E-state index in [1.807, 2.05) is 19.1 Å². The minimum absolute atomic E-state index is 0.269. The Labute approximate surface area is 61.0 Å². The third kappa shape index (κ3) is 1.49. The molecule has 1 aliphatic rings. The second-order valence-corrected chi connectivity index (χ2v) is 2.61. The smallest absolute Gasteiger partial charge is 0.423 e. The van der Waals surface area contributed by atoms with Crippen molar-refractivity contribution in [2.75, 3.05) is 0 Å². The van der Waals surface area contributed by atoms with Gasteiger partial charge in [-0.1, -0.05) is 25.2 Å². The van der Waals surface area contributed by atoms with Crippen LogP contribution in [0.3, 0.4) is 0 Å². The summed E-state index contributed by atoms with van der Waals surface area (Å²) in [5.41, 5.74) is 0.711. The van der Waals surface area contributed by atoms with Crippen molar-refractivity contribution in [3.8, 4) is 0 Å². The van der Waals surface area contributed by atoms with E-state index >= 15 is 0 Å². The van der Waals surface area contributed by atoms with Gasteiger partial charge in [-0.2, -0.15) is 0 Å². The molecule has 0 amide bonds. The SMILES string of the molecule is CC1CC=CC=C1B(O)O. The van der Waals surface area contributed by atoms with Gasteiger partial charge in [-0.05, 0) is 17.8 Å². The highest BCUT2D eigenvalue weighted by molar-refractivity contribution is 6.50. The van der Waals surface area contributed by atoms with Crippen LogP contribution in [0.5, 0.6) is 0 Å².